The van der Waals surface area contributed by atoms with Crippen molar-refractivity contribution >= 4 is 5.91 Å². The molecule has 5 nitrogen and oxygen atoms in total. The van der Waals surface area contributed by atoms with E-state index in [1.165, 1.54) is 0 Å². The van der Waals surface area contributed by atoms with Crippen molar-refractivity contribution in [2.75, 3.05) is 13.7 Å². The van der Waals surface area contributed by atoms with Gasteiger partial charge in [-0.15, -0.1) is 0 Å². The van der Waals surface area contributed by atoms with Gasteiger partial charge in [0, 0.05) is 25.7 Å². The van der Waals surface area contributed by atoms with Gasteiger partial charge in [-0.05, 0) is 33.8 Å². The first-order valence-electron chi connectivity index (χ1n) is 6.16. The highest BCUT2D eigenvalue weighted by molar-refractivity contribution is 5.76. The van der Waals surface area contributed by atoms with Crippen LogP contribution in [0.15, 0.2) is 6.07 Å². The maximum absolute atomic E-state index is 12.0. The Morgan fingerprint density at radius 1 is 1.50 bits per heavy atom. The number of aromatic nitrogens is 2. The minimum absolute atomic E-state index is 0.0154. The highest BCUT2D eigenvalue weighted by atomic mass is 16.3. The van der Waals surface area contributed by atoms with Gasteiger partial charge in [-0.25, -0.2) is 0 Å². The Balaban J connectivity index is 2.59. The van der Waals surface area contributed by atoms with E-state index in [2.05, 4.69) is 5.10 Å². The molecule has 102 valence electrons. The maximum atomic E-state index is 12.0. The molecule has 0 saturated carbocycles. The van der Waals surface area contributed by atoms with Crippen LogP contribution in [0.1, 0.15) is 31.7 Å². The number of hydrogen-bond donors (Lipinski definition) is 1. The number of hydrogen-bond acceptors (Lipinski definition) is 3. The quantitative estimate of drug-likeness (QED) is 0.855. The highest BCUT2D eigenvalue weighted by Crippen LogP contribution is 2.13. The van der Waals surface area contributed by atoms with Gasteiger partial charge in [0.25, 0.3) is 0 Å². The zero-order valence-electron chi connectivity index (χ0n) is 11.9. The van der Waals surface area contributed by atoms with Crippen molar-refractivity contribution in [3.05, 3.63) is 17.5 Å². The average molecular weight is 253 g/mol. The van der Waals surface area contributed by atoms with E-state index >= 15 is 0 Å². The Morgan fingerprint density at radius 2 is 2.11 bits per heavy atom. The second-order valence-electron chi connectivity index (χ2n) is 5.32. The van der Waals surface area contributed by atoms with Crippen LogP contribution in [-0.2, 0) is 11.3 Å². The van der Waals surface area contributed by atoms with E-state index < -0.39 is 5.54 Å². The molecule has 1 heterocycles. The Hall–Kier alpha value is -1.36. The van der Waals surface area contributed by atoms with Gasteiger partial charge in [0.05, 0.1) is 17.8 Å². The van der Waals surface area contributed by atoms with Crippen LogP contribution in [0.25, 0.3) is 0 Å². The van der Waals surface area contributed by atoms with Crippen molar-refractivity contribution in [2.24, 2.45) is 0 Å². The molecule has 1 aromatic heterocycles. The Bertz CT molecular complexity index is 424. The monoisotopic (exact) mass is 253 g/mol. The van der Waals surface area contributed by atoms with E-state index in [0.29, 0.717) is 13.0 Å². The minimum atomic E-state index is -0.522. The Kier molecular flexibility index (Phi) is 4.51. The van der Waals surface area contributed by atoms with Gasteiger partial charge < -0.3 is 10.0 Å². The highest BCUT2D eigenvalue weighted by Gasteiger charge is 2.26. The van der Waals surface area contributed by atoms with Crippen LogP contribution in [0.5, 0.6) is 0 Å². The van der Waals surface area contributed by atoms with Crippen molar-refractivity contribution in [2.45, 2.75) is 46.2 Å². The summed E-state index contributed by atoms with van der Waals surface area (Å²) in [5.74, 6) is 0.0154. The van der Waals surface area contributed by atoms with Crippen LogP contribution in [0.4, 0.5) is 0 Å². The van der Waals surface area contributed by atoms with Gasteiger partial charge in [-0.2, -0.15) is 5.10 Å². The third-order valence-electron chi connectivity index (χ3n) is 3.31. The Labute approximate surface area is 108 Å². The van der Waals surface area contributed by atoms with Crippen LogP contribution >= 0.6 is 0 Å². The molecule has 0 aliphatic heterocycles. The first kappa shape index (κ1) is 14.7. The minimum Gasteiger partial charge on any atom is -0.394 e. The number of amides is 1. The number of aliphatic hydroxyl groups excluding tert-OH is 1. The summed E-state index contributed by atoms with van der Waals surface area (Å²) in [5, 5.41) is 13.6. The summed E-state index contributed by atoms with van der Waals surface area (Å²) in [4.78, 5) is 13.6. The molecule has 0 aliphatic carbocycles. The van der Waals surface area contributed by atoms with Crippen LogP contribution in [0.3, 0.4) is 0 Å². The summed E-state index contributed by atoms with van der Waals surface area (Å²) in [7, 11) is 1.72. The first-order valence-corrected chi connectivity index (χ1v) is 6.16. The number of aryl methyl sites for hydroxylation is 3. The van der Waals surface area contributed by atoms with Gasteiger partial charge in [0.1, 0.15) is 0 Å². The lowest BCUT2D eigenvalue weighted by Gasteiger charge is -2.34. The molecule has 1 aromatic rings. The van der Waals surface area contributed by atoms with Crippen LogP contribution in [0, 0.1) is 13.8 Å². The van der Waals surface area contributed by atoms with Gasteiger partial charge in [0.15, 0.2) is 0 Å². The van der Waals surface area contributed by atoms with Crippen LogP contribution < -0.4 is 0 Å². The third-order valence-corrected chi connectivity index (χ3v) is 3.31. The molecule has 0 bridgehead atoms. The molecule has 1 amide bonds. The Morgan fingerprint density at radius 3 is 2.56 bits per heavy atom. The van der Waals surface area contributed by atoms with Gasteiger partial charge in [-0.3, -0.25) is 9.48 Å². The molecule has 1 N–H and O–H groups in total. The molecular weight excluding hydrogens is 230 g/mol. The first-order chi connectivity index (χ1) is 8.27. The summed E-state index contributed by atoms with van der Waals surface area (Å²) in [6.07, 6.45) is 0.391. The molecule has 0 fully saturated rings. The van der Waals surface area contributed by atoms with Gasteiger partial charge in [0.2, 0.25) is 5.91 Å². The molecule has 18 heavy (non-hydrogen) atoms. The molecule has 0 radical (unpaired) electrons. The standard InChI is InChI=1S/C13H23N3O2/c1-10-8-11(2)16(14-10)7-6-12(18)15(5)13(3,4)9-17/h8,17H,6-7,9H2,1-5H3. The fourth-order valence-electron chi connectivity index (χ4n) is 1.71. The largest absolute Gasteiger partial charge is 0.394 e. The van der Waals surface area contributed by atoms with Crippen molar-refractivity contribution < 1.29 is 9.90 Å². The lowest BCUT2D eigenvalue weighted by atomic mass is 10.0. The van der Waals surface area contributed by atoms with Crippen molar-refractivity contribution in [3.8, 4) is 0 Å². The number of aliphatic hydroxyl groups is 1. The smallest absolute Gasteiger partial charge is 0.224 e. The van der Waals surface area contributed by atoms with Crippen molar-refractivity contribution in [3.63, 3.8) is 0 Å². The van der Waals surface area contributed by atoms with E-state index in [0.717, 1.165) is 11.4 Å². The summed E-state index contributed by atoms with van der Waals surface area (Å²) in [5.41, 5.74) is 1.50. The number of carbonyl (C=O) groups excluding carboxylic acids is 1. The maximum Gasteiger partial charge on any atom is 0.224 e. The van der Waals surface area contributed by atoms with E-state index in [9.17, 15) is 9.90 Å². The second kappa shape index (κ2) is 5.52. The number of likely N-dealkylation sites (N-methyl/N-ethyl adjacent to an activating group) is 1. The topological polar surface area (TPSA) is 58.4 Å². The zero-order chi connectivity index (χ0) is 13.9. The normalized spacial score (nSPS) is 11.7. The molecule has 0 atom stereocenters. The summed E-state index contributed by atoms with van der Waals surface area (Å²) in [6.45, 7) is 8.13. The van der Waals surface area contributed by atoms with E-state index in [1.807, 2.05) is 38.4 Å². The van der Waals surface area contributed by atoms with E-state index in [4.69, 9.17) is 0 Å². The van der Waals surface area contributed by atoms with Gasteiger partial charge in [-0.1, -0.05) is 0 Å². The average Bonchev–Trinajstić information content (AvgIpc) is 2.63. The second-order valence-corrected chi connectivity index (χ2v) is 5.32. The molecule has 0 aromatic carbocycles. The predicted molar refractivity (Wildman–Crippen MR) is 70.3 cm³/mol. The van der Waals surface area contributed by atoms with Crippen LogP contribution in [0.2, 0.25) is 0 Å². The predicted octanol–water partition coefficient (Wildman–Crippen LogP) is 1.12. The lowest BCUT2D eigenvalue weighted by Crippen LogP contribution is -2.47. The summed E-state index contributed by atoms with van der Waals surface area (Å²) >= 11 is 0. The molecule has 0 aliphatic rings. The molecule has 1 rings (SSSR count). The number of carbonyl (C=O) groups is 1. The zero-order valence-corrected chi connectivity index (χ0v) is 11.9. The van der Waals surface area contributed by atoms with Crippen molar-refractivity contribution in [1.82, 2.24) is 14.7 Å². The summed E-state index contributed by atoms with van der Waals surface area (Å²) < 4.78 is 1.84. The fourth-order valence-corrected chi connectivity index (χ4v) is 1.71. The fraction of sp³-hybridized carbons (Fsp3) is 0.692. The van der Waals surface area contributed by atoms with Crippen LogP contribution in [-0.4, -0.2) is 44.9 Å². The molecular formula is C13H23N3O2. The molecule has 0 spiro atoms. The summed E-state index contributed by atoms with van der Waals surface area (Å²) in [6, 6.07) is 1.99. The van der Waals surface area contributed by atoms with E-state index in [1.54, 1.807) is 11.9 Å². The molecule has 0 saturated heterocycles. The SMILES string of the molecule is Cc1cc(C)n(CCC(=O)N(C)C(C)(C)CO)n1. The molecule has 5 heteroatoms. The molecule has 0 unspecified atom stereocenters. The van der Waals surface area contributed by atoms with Gasteiger partial charge >= 0.3 is 0 Å². The number of rotatable bonds is 5. The van der Waals surface area contributed by atoms with Crippen molar-refractivity contribution in [1.29, 1.82) is 0 Å². The third kappa shape index (κ3) is 3.32. The lowest BCUT2D eigenvalue weighted by molar-refractivity contribution is -0.136. The van der Waals surface area contributed by atoms with E-state index in [-0.39, 0.29) is 12.5 Å². The number of nitrogens with zero attached hydrogens (tertiary/aromatic N) is 3.